The van der Waals surface area contributed by atoms with E-state index >= 15 is 4.39 Å². The van der Waals surface area contributed by atoms with Crippen molar-refractivity contribution in [1.82, 2.24) is 0 Å². The van der Waals surface area contributed by atoms with Gasteiger partial charge in [-0.05, 0) is 106 Å². The number of halogens is 1. The highest BCUT2D eigenvalue weighted by molar-refractivity contribution is 6.02. The molecule has 6 saturated carbocycles. The van der Waals surface area contributed by atoms with Crippen LogP contribution in [0.25, 0.3) is 0 Å². The lowest BCUT2D eigenvalue weighted by atomic mass is 9.44. The zero-order valence-electron chi connectivity index (χ0n) is 33.8. The van der Waals surface area contributed by atoms with Crippen molar-refractivity contribution in [3.05, 3.63) is 47.6 Å². The average Bonchev–Trinajstić information content (AvgIpc) is 3.53. The van der Waals surface area contributed by atoms with E-state index in [1.807, 2.05) is 19.9 Å². The van der Waals surface area contributed by atoms with Gasteiger partial charge in [0, 0.05) is 46.8 Å². The number of carbonyl (C=O) groups is 6. The molecule has 6 fully saturated rings. The summed E-state index contributed by atoms with van der Waals surface area (Å²) in [6, 6.07) is 0. The summed E-state index contributed by atoms with van der Waals surface area (Å²) >= 11 is 0. The number of Topliss-reactive ketones (excluding diaryl/α,β-unsaturated/α-hetero) is 3. The second-order valence-electron chi connectivity index (χ2n) is 19.4. The number of ketones is 5. The van der Waals surface area contributed by atoms with Gasteiger partial charge in [0.1, 0.15) is 23.6 Å². The topological polar surface area (TPSA) is 193 Å². The van der Waals surface area contributed by atoms with Crippen LogP contribution in [0.5, 0.6) is 0 Å². The molecule has 0 heterocycles. The molecule has 14 atom stereocenters. The maximum absolute atomic E-state index is 17.0. The number of rotatable bonds is 5. The molecule has 0 radical (unpaired) electrons. The van der Waals surface area contributed by atoms with Crippen molar-refractivity contribution in [3.63, 3.8) is 0 Å². The number of allylic oxidation sites excluding steroid dienone is 8. The summed E-state index contributed by atoms with van der Waals surface area (Å²) in [6.07, 6.45) is 12.1. The highest BCUT2D eigenvalue weighted by atomic mass is 19.1. The maximum Gasteiger partial charge on any atom is 0.303 e. The van der Waals surface area contributed by atoms with E-state index in [0.717, 1.165) is 18.4 Å². The molecule has 11 nitrogen and oxygen atoms in total. The fourth-order valence-corrected chi connectivity index (χ4v) is 14.0. The predicted molar refractivity (Wildman–Crippen MR) is 204 cm³/mol. The Kier molecular flexibility index (Phi) is 9.91. The Hall–Kier alpha value is -3.45. The van der Waals surface area contributed by atoms with Crippen molar-refractivity contribution < 1.29 is 58.3 Å². The summed E-state index contributed by atoms with van der Waals surface area (Å²) in [7, 11) is 0. The van der Waals surface area contributed by atoms with Gasteiger partial charge in [-0.25, -0.2) is 4.39 Å². The van der Waals surface area contributed by atoms with Crippen LogP contribution < -0.4 is 0 Å². The summed E-state index contributed by atoms with van der Waals surface area (Å²) in [5, 5.41) is 43.4. The second kappa shape index (κ2) is 13.5. The van der Waals surface area contributed by atoms with Crippen molar-refractivity contribution in [3.8, 4) is 0 Å². The molecule has 0 saturated heterocycles. The first kappa shape index (κ1) is 41.7. The molecule has 0 aromatic carbocycles. The van der Waals surface area contributed by atoms with Gasteiger partial charge < -0.3 is 25.2 Å². The number of alkyl halides is 1. The zero-order valence-corrected chi connectivity index (χ0v) is 33.8. The van der Waals surface area contributed by atoms with Gasteiger partial charge in [-0.2, -0.15) is 0 Å². The van der Waals surface area contributed by atoms with Crippen molar-refractivity contribution in [2.24, 2.45) is 57.2 Å². The van der Waals surface area contributed by atoms with E-state index in [1.54, 1.807) is 39.0 Å². The molecule has 310 valence electrons. The van der Waals surface area contributed by atoms with Crippen molar-refractivity contribution in [1.29, 1.82) is 0 Å². The van der Waals surface area contributed by atoms with Crippen molar-refractivity contribution in [2.45, 2.75) is 122 Å². The molecule has 0 amide bonds. The number of aliphatic hydroxyl groups is 4. The third kappa shape index (κ3) is 5.48. The first-order chi connectivity index (χ1) is 26.5. The van der Waals surface area contributed by atoms with Crippen LogP contribution in [-0.4, -0.2) is 91.5 Å². The first-order valence-corrected chi connectivity index (χ1v) is 20.5. The van der Waals surface area contributed by atoms with Crippen LogP contribution in [0, 0.1) is 57.2 Å². The normalized spacial score (nSPS) is 47.8. The summed E-state index contributed by atoms with van der Waals surface area (Å²) in [5.74, 6) is -3.39. The van der Waals surface area contributed by atoms with Crippen LogP contribution >= 0.6 is 0 Å². The second-order valence-corrected chi connectivity index (χ2v) is 19.4. The molecule has 0 spiro atoms. The molecule has 1 unspecified atom stereocenters. The number of esters is 1. The molecular formula is C45H57FO11. The largest absolute Gasteiger partial charge is 0.458 e. The average molecular weight is 793 g/mol. The van der Waals surface area contributed by atoms with Crippen molar-refractivity contribution >= 4 is 34.9 Å². The van der Waals surface area contributed by atoms with Gasteiger partial charge in [0.05, 0.1) is 6.10 Å². The van der Waals surface area contributed by atoms with Crippen LogP contribution in [-0.2, 0) is 33.5 Å². The Bertz CT molecular complexity index is 1950. The lowest BCUT2D eigenvalue weighted by molar-refractivity contribution is -0.219. The molecule has 0 aromatic heterocycles. The van der Waals surface area contributed by atoms with Crippen LogP contribution in [0.3, 0.4) is 0 Å². The molecule has 0 bridgehead atoms. The molecule has 12 heteroatoms. The molecule has 8 aliphatic carbocycles. The van der Waals surface area contributed by atoms with Crippen LogP contribution in [0.1, 0.15) is 99.3 Å². The Labute approximate surface area is 332 Å². The van der Waals surface area contributed by atoms with Crippen molar-refractivity contribution in [2.75, 3.05) is 13.2 Å². The fourth-order valence-electron chi connectivity index (χ4n) is 14.0. The number of fused-ring (bicyclic) bond motifs is 10. The Morgan fingerprint density at radius 2 is 1.49 bits per heavy atom. The molecule has 0 aromatic rings. The number of hydrogen-bond acceptors (Lipinski definition) is 11. The fraction of sp³-hybridized carbons (Fsp3) is 0.689. The Morgan fingerprint density at radius 3 is 2.14 bits per heavy atom. The highest BCUT2D eigenvalue weighted by Crippen LogP contribution is 2.71. The number of carbonyl (C=O) groups excluding carboxylic acids is 6. The van der Waals surface area contributed by atoms with Gasteiger partial charge >= 0.3 is 5.97 Å². The minimum Gasteiger partial charge on any atom is -0.458 e. The van der Waals surface area contributed by atoms with Gasteiger partial charge in [0.25, 0.3) is 0 Å². The van der Waals surface area contributed by atoms with E-state index in [1.165, 1.54) is 19.1 Å². The Balaban J connectivity index is 0.000000177. The van der Waals surface area contributed by atoms with E-state index in [-0.39, 0.29) is 53.9 Å². The third-order valence-corrected chi connectivity index (χ3v) is 17.1. The van der Waals surface area contributed by atoms with E-state index in [2.05, 4.69) is 0 Å². The number of hydrogen-bond donors (Lipinski definition) is 4. The third-order valence-electron chi connectivity index (χ3n) is 17.1. The number of ether oxygens (including phenoxy) is 1. The van der Waals surface area contributed by atoms with Crippen LogP contribution in [0.4, 0.5) is 4.39 Å². The molecular weight excluding hydrogens is 735 g/mol. The predicted octanol–water partition coefficient (Wildman–Crippen LogP) is 4.23. The summed E-state index contributed by atoms with van der Waals surface area (Å²) < 4.78 is 21.9. The molecule has 8 rings (SSSR count). The zero-order chi connectivity index (χ0) is 41.9. The van der Waals surface area contributed by atoms with E-state index in [0.29, 0.717) is 37.7 Å². The van der Waals surface area contributed by atoms with Gasteiger partial charge in [-0.1, -0.05) is 51.0 Å². The van der Waals surface area contributed by atoms with Gasteiger partial charge in [0.2, 0.25) is 5.78 Å². The maximum atomic E-state index is 17.0. The summed E-state index contributed by atoms with van der Waals surface area (Å²) in [5.41, 5.74) is -7.19. The Morgan fingerprint density at radius 1 is 0.860 bits per heavy atom. The lowest BCUT2D eigenvalue weighted by Crippen LogP contribution is -2.69. The standard InChI is InChI=1S/C24H31FO6.C21H26O5/c1-13-9-18-17-6-5-15-10-16(27)7-8-21(15,3)23(17,25)19(28)11-22(18,4)24(13,30)20(29)12-31-14(2)26;1-19-7-5-13(23)9-12(19)3-4-14-15-6-8-21(26,17(25)11-22)20(15,2)10-16(24)18(14)19/h7-8,10,13,17-19,28,30H,5-6,9,11-12H2,1-4H3;5,7,9,14-15,18,22,26H,3-4,6,8,10-11H2,1-2H3/t13-,17+,18+,19?,21+,22+,23+,24+;14-,15-,18+,19-,20-,21-/m10/s1. The highest BCUT2D eigenvalue weighted by Gasteiger charge is 2.76. The van der Waals surface area contributed by atoms with Gasteiger partial charge in [-0.3, -0.25) is 28.8 Å². The van der Waals surface area contributed by atoms with E-state index in [9.17, 15) is 49.2 Å². The number of aliphatic hydroxyl groups excluding tert-OH is 2. The van der Waals surface area contributed by atoms with Gasteiger partial charge in [0.15, 0.2) is 29.6 Å². The molecule has 8 aliphatic rings. The van der Waals surface area contributed by atoms with E-state index in [4.69, 9.17) is 4.74 Å². The first-order valence-electron chi connectivity index (χ1n) is 20.5. The monoisotopic (exact) mass is 792 g/mol. The molecule has 4 N–H and O–H groups in total. The summed E-state index contributed by atoms with van der Waals surface area (Å²) in [6.45, 7) is 9.08. The lowest BCUT2D eigenvalue weighted by Gasteiger charge is -2.62. The van der Waals surface area contributed by atoms with Crippen LogP contribution in [0.15, 0.2) is 47.6 Å². The molecule has 57 heavy (non-hydrogen) atoms. The smallest absolute Gasteiger partial charge is 0.303 e. The SMILES string of the molecule is CC(=O)OCC(=O)[C@@]1(O)[C@H](C)C[C@H]2[C@@H]3CCC4=CC(=O)C=C[C@]4(C)[C@@]3(F)C(O)C[C@@]21C.C[C@]12C=CC(=O)C=C1CC[C@@H]1[C@@H]2C(=O)C[C@@]2(C)[C@H]1CC[C@]2(O)C(=O)CO. The minimum atomic E-state index is -2.01. The van der Waals surface area contributed by atoms with Gasteiger partial charge in [-0.15, -0.1) is 0 Å². The van der Waals surface area contributed by atoms with Crippen LogP contribution in [0.2, 0.25) is 0 Å². The quantitative estimate of drug-likeness (QED) is 0.291. The summed E-state index contributed by atoms with van der Waals surface area (Å²) in [4.78, 5) is 73.6. The van der Waals surface area contributed by atoms with E-state index < -0.39 is 87.2 Å². The molecule has 0 aliphatic heterocycles. The minimum absolute atomic E-state index is 0.0206.